The third-order valence-electron chi connectivity index (χ3n) is 6.04. The number of halogens is 1. The number of amides is 2. The van der Waals surface area contributed by atoms with E-state index < -0.39 is 6.04 Å². The van der Waals surface area contributed by atoms with Crippen molar-refractivity contribution >= 4 is 35.2 Å². The van der Waals surface area contributed by atoms with E-state index in [9.17, 15) is 9.59 Å². The number of ether oxygens (including phenoxy) is 1. The molecule has 0 heterocycles. The molecule has 2 amide bonds. The van der Waals surface area contributed by atoms with Crippen LogP contribution in [0.5, 0.6) is 5.75 Å². The van der Waals surface area contributed by atoms with E-state index in [-0.39, 0.29) is 17.9 Å². The molecule has 0 radical (unpaired) electrons. The second-order valence-corrected chi connectivity index (χ2v) is 9.93. The van der Waals surface area contributed by atoms with Crippen LogP contribution < -0.4 is 10.1 Å². The highest BCUT2D eigenvalue weighted by atomic mass is 35.5. The lowest BCUT2D eigenvalue weighted by Crippen LogP contribution is -2.50. The highest BCUT2D eigenvalue weighted by Crippen LogP contribution is 2.20. The zero-order valence-corrected chi connectivity index (χ0v) is 21.0. The number of rotatable bonds is 10. The van der Waals surface area contributed by atoms with Gasteiger partial charge in [0.15, 0.2) is 0 Å². The summed E-state index contributed by atoms with van der Waals surface area (Å²) in [6, 6.07) is 14.9. The monoisotopic (exact) mass is 488 g/mol. The maximum atomic E-state index is 13.2. The molecule has 1 N–H and O–H groups in total. The summed E-state index contributed by atoms with van der Waals surface area (Å²) >= 11 is 7.50. The summed E-state index contributed by atoms with van der Waals surface area (Å²) in [6.45, 7) is 2.20. The van der Waals surface area contributed by atoms with Crippen LogP contribution in [0.15, 0.2) is 48.5 Å². The van der Waals surface area contributed by atoms with Gasteiger partial charge in [0.1, 0.15) is 11.8 Å². The zero-order chi connectivity index (χ0) is 23.6. The Morgan fingerprint density at radius 3 is 2.33 bits per heavy atom. The number of hydrogen-bond donors (Lipinski definition) is 1. The van der Waals surface area contributed by atoms with Gasteiger partial charge < -0.3 is 15.0 Å². The smallest absolute Gasteiger partial charge is 0.242 e. The van der Waals surface area contributed by atoms with Gasteiger partial charge in [-0.25, -0.2) is 0 Å². The van der Waals surface area contributed by atoms with E-state index >= 15 is 0 Å². The average Bonchev–Trinajstić information content (AvgIpc) is 2.84. The van der Waals surface area contributed by atoms with Crippen molar-refractivity contribution in [2.24, 2.45) is 0 Å². The Labute approximate surface area is 206 Å². The summed E-state index contributed by atoms with van der Waals surface area (Å²) in [5, 5.41) is 3.87. The summed E-state index contributed by atoms with van der Waals surface area (Å²) in [5.41, 5.74) is 2.08. The minimum Gasteiger partial charge on any atom is -0.497 e. The molecule has 7 heteroatoms. The molecule has 1 aliphatic rings. The highest BCUT2D eigenvalue weighted by Gasteiger charge is 2.28. The van der Waals surface area contributed by atoms with Gasteiger partial charge in [-0.1, -0.05) is 55.1 Å². The fourth-order valence-corrected chi connectivity index (χ4v) is 5.00. The number of benzene rings is 2. The predicted octanol–water partition coefficient (Wildman–Crippen LogP) is 5.45. The molecular weight excluding hydrogens is 456 g/mol. The standard InChI is InChI=1S/C26H33ClN2O3S/c1-19(26(31)28-23-6-4-3-5-7-23)29(16-20-10-14-24(32-2)15-11-20)25(30)18-33-17-21-8-12-22(27)13-9-21/h8-15,19,23H,3-7,16-18H2,1-2H3,(H,28,31)/t19-/m1/s1. The molecule has 1 aliphatic carbocycles. The molecule has 0 aromatic heterocycles. The van der Waals surface area contributed by atoms with E-state index in [1.807, 2.05) is 55.5 Å². The summed E-state index contributed by atoms with van der Waals surface area (Å²) in [7, 11) is 1.63. The molecule has 0 unspecified atom stereocenters. The van der Waals surface area contributed by atoms with Crippen LogP contribution in [0.1, 0.15) is 50.2 Å². The van der Waals surface area contributed by atoms with Crippen LogP contribution in [-0.4, -0.2) is 41.7 Å². The van der Waals surface area contributed by atoms with E-state index in [4.69, 9.17) is 16.3 Å². The molecule has 1 atom stereocenters. The molecule has 178 valence electrons. The topological polar surface area (TPSA) is 58.6 Å². The van der Waals surface area contributed by atoms with Gasteiger partial charge in [0, 0.05) is 23.4 Å². The zero-order valence-electron chi connectivity index (χ0n) is 19.4. The summed E-state index contributed by atoms with van der Waals surface area (Å²) in [6.07, 6.45) is 5.56. The molecule has 0 spiro atoms. The molecule has 33 heavy (non-hydrogen) atoms. The Bertz CT molecular complexity index is 899. The SMILES string of the molecule is COc1ccc(CN(C(=O)CSCc2ccc(Cl)cc2)[C@H](C)C(=O)NC2CCCCC2)cc1. The van der Waals surface area contributed by atoms with Crippen LogP contribution in [0.25, 0.3) is 0 Å². The van der Waals surface area contributed by atoms with Gasteiger partial charge in [-0.05, 0) is 55.2 Å². The van der Waals surface area contributed by atoms with Gasteiger partial charge in [0.25, 0.3) is 0 Å². The molecule has 0 saturated heterocycles. The molecule has 2 aromatic carbocycles. The van der Waals surface area contributed by atoms with E-state index in [0.717, 1.165) is 42.6 Å². The molecule has 3 rings (SSSR count). The van der Waals surface area contributed by atoms with Crippen molar-refractivity contribution in [2.45, 2.75) is 63.4 Å². The largest absolute Gasteiger partial charge is 0.497 e. The fraction of sp³-hybridized carbons (Fsp3) is 0.462. The summed E-state index contributed by atoms with van der Waals surface area (Å²) in [4.78, 5) is 28.0. The lowest BCUT2D eigenvalue weighted by molar-refractivity contribution is -0.139. The number of hydrogen-bond acceptors (Lipinski definition) is 4. The van der Waals surface area contributed by atoms with Crippen molar-refractivity contribution < 1.29 is 14.3 Å². The van der Waals surface area contributed by atoms with E-state index in [1.54, 1.807) is 23.8 Å². The number of nitrogens with one attached hydrogen (secondary N) is 1. The molecule has 0 aliphatic heterocycles. The van der Waals surface area contributed by atoms with Gasteiger partial charge >= 0.3 is 0 Å². The first kappa shape index (κ1) is 25.4. The highest BCUT2D eigenvalue weighted by molar-refractivity contribution is 7.99. The van der Waals surface area contributed by atoms with Crippen molar-refractivity contribution in [1.82, 2.24) is 10.2 Å². The Morgan fingerprint density at radius 1 is 1.06 bits per heavy atom. The lowest BCUT2D eigenvalue weighted by Gasteiger charge is -2.31. The number of carbonyl (C=O) groups is 2. The first-order valence-electron chi connectivity index (χ1n) is 11.5. The van der Waals surface area contributed by atoms with Gasteiger partial charge in [0.2, 0.25) is 11.8 Å². The van der Waals surface area contributed by atoms with Crippen molar-refractivity contribution in [3.63, 3.8) is 0 Å². The Balaban J connectivity index is 1.65. The van der Waals surface area contributed by atoms with Crippen molar-refractivity contribution in [2.75, 3.05) is 12.9 Å². The third kappa shape index (κ3) is 7.97. The number of methoxy groups -OCH3 is 1. The number of nitrogens with zero attached hydrogens (tertiary/aromatic N) is 1. The van der Waals surface area contributed by atoms with Gasteiger partial charge in [0.05, 0.1) is 12.9 Å². The van der Waals surface area contributed by atoms with Crippen LogP contribution in [0, 0.1) is 0 Å². The maximum absolute atomic E-state index is 13.2. The third-order valence-corrected chi connectivity index (χ3v) is 7.28. The second kappa shape index (κ2) is 12.9. The maximum Gasteiger partial charge on any atom is 0.242 e. The quantitative estimate of drug-likeness (QED) is 0.483. The first-order valence-corrected chi connectivity index (χ1v) is 13.0. The van der Waals surface area contributed by atoms with Crippen LogP contribution in [-0.2, 0) is 21.9 Å². The summed E-state index contributed by atoms with van der Waals surface area (Å²) < 4.78 is 5.24. The van der Waals surface area contributed by atoms with Crippen LogP contribution in [0.3, 0.4) is 0 Å². The van der Waals surface area contributed by atoms with Gasteiger partial charge in [-0.2, -0.15) is 0 Å². The van der Waals surface area contributed by atoms with E-state index in [2.05, 4.69) is 5.32 Å². The Morgan fingerprint density at radius 2 is 1.70 bits per heavy atom. The minimum atomic E-state index is -0.544. The van der Waals surface area contributed by atoms with E-state index in [1.165, 1.54) is 6.42 Å². The van der Waals surface area contributed by atoms with Crippen LogP contribution in [0.4, 0.5) is 0 Å². The normalized spacial score (nSPS) is 15.0. The Kier molecular flexibility index (Phi) is 9.95. The molecule has 2 aromatic rings. The molecule has 1 fully saturated rings. The van der Waals surface area contributed by atoms with Crippen LogP contribution >= 0.6 is 23.4 Å². The molecular formula is C26H33ClN2O3S. The minimum absolute atomic E-state index is 0.0453. The molecule has 0 bridgehead atoms. The van der Waals surface area contributed by atoms with Gasteiger partial charge in [-0.3, -0.25) is 9.59 Å². The Hall–Kier alpha value is -2.18. The molecule has 5 nitrogen and oxygen atoms in total. The summed E-state index contributed by atoms with van der Waals surface area (Å²) in [5.74, 6) is 1.66. The second-order valence-electron chi connectivity index (χ2n) is 8.51. The number of thioether (sulfide) groups is 1. The average molecular weight is 489 g/mol. The predicted molar refractivity (Wildman–Crippen MR) is 136 cm³/mol. The van der Waals surface area contributed by atoms with Crippen LogP contribution in [0.2, 0.25) is 5.02 Å². The number of carbonyl (C=O) groups excluding carboxylic acids is 2. The first-order chi connectivity index (χ1) is 16.0. The fourth-order valence-electron chi connectivity index (χ4n) is 4.00. The van der Waals surface area contributed by atoms with Crippen molar-refractivity contribution in [3.05, 3.63) is 64.7 Å². The molecule has 1 saturated carbocycles. The lowest BCUT2D eigenvalue weighted by atomic mass is 9.95. The van der Waals surface area contributed by atoms with E-state index in [0.29, 0.717) is 23.1 Å². The van der Waals surface area contributed by atoms with Crippen molar-refractivity contribution in [1.29, 1.82) is 0 Å². The van der Waals surface area contributed by atoms with Gasteiger partial charge in [-0.15, -0.1) is 11.8 Å². The van der Waals surface area contributed by atoms with Crippen molar-refractivity contribution in [3.8, 4) is 5.75 Å².